The van der Waals surface area contributed by atoms with Gasteiger partial charge in [-0.15, -0.1) is 0 Å². The topological polar surface area (TPSA) is 29.5 Å². The summed E-state index contributed by atoms with van der Waals surface area (Å²) in [5.41, 5.74) is 3.69. The number of ether oxygens (including phenoxy) is 1. The lowest BCUT2D eigenvalue weighted by Gasteiger charge is -2.33. The predicted octanol–water partition coefficient (Wildman–Crippen LogP) is 6.63. The first-order valence-corrected chi connectivity index (χ1v) is 10.6. The fourth-order valence-corrected chi connectivity index (χ4v) is 4.68. The predicted molar refractivity (Wildman–Crippen MR) is 122 cm³/mol. The molecule has 0 radical (unpaired) electrons. The van der Waals surface area contributed by atoms with Crippen LogP contribution in [0.4, 0.5) is 0 Å². The maximum atomic E-state index is 13.5. The molecule has 30 heavy (non-hydrogen) atoms. The number of carbonyl (C=O) groups is 1. The largest absolute Gasteiger partial charge is 0.496 e. The highest BCUT2D eigenvalue weighted by Gasteiger charge is 2.44. The second kappa shape index (κ2) is 8.16. The minimum Gasteiger partial charge on any atom is -0.496 e. The summed E-state index contributed by atoms with van der Waals surface area (Å²) < 4.78 is 5.47. The Hall–Kier alpha value is -2.78. The SMILES string of the molecule is COc1ccccc1-c1ccc(C(=O)N2CCC(C)(C)C2c2ccccc2Cl)cc1. The van der Waals surface area contributed by atoms with Crippen LogP contribution in [0.3, 0.4) is 0 Å². The molecule has 3 aromatic rings. The van der Waals surface area contributed by atoms with Crippen molar-refractivity contribution in [3.8, 4) is 16.9 Å². The van der Waals surface area contributed by atoms with Crippen LogP contribution in [0.2, 0.25) is 5.02 Å². The number of halogens is 1. The van der Waals surface area contributed by atoms with E-state index in [-0.39, 0.29) is 17.4 Å². The molecular formula is C26H26ClNO2. The second-order valence-corrected chi connectivity index (χ2v) is 8.85. The lowest BCUT2D eigenvalue weighted by Crippen LogP contribution is -2.34. The molecule has 1 heterocycles. The molecule has 0 spiro atoms. The van der Waals surface area contributed by atoms with Crippen molar-refractivity contribution in [2.24, 2.45) is 5.41 Å². The van der Waals surface area contributed by atoms with Crippen molar-refractivity contribution in [3.63, 3.8) is 0 Å². The van der Waals surface area contributed by atoms with Crippen molar-refractivity contribution < 1.29 is 9.53 Å². The molecule has 1 fully saturated rings. The fourth-order valence-electron chi connectivity index (χ4n) is 4.44. The molecule has 154 valence electrons. The zero-order valence-corrected chi connectivity index (χ0v) is 18.3. The second-order valence-electron chi connectivity index (χ2n) is 8.44. The molecule has 1 aliphatic heterocycles. The molecule has 0 saturated carbocycles. The van der Waals surface area contributed by atoms with E-state index in [4.69, 9.17) is 16.3 Å². The van der Waals surface area contributed by atoms with E-state index in [9.17, 15) is 4.79 Å². The van der Waals surface area contributed by atoms with E-state index in [1.807, 2.05) is 77.7 Å². The third-order valence-electron chi connectivity index (χ3n) is 6.06. The van der Waals surface area contributed by atoms with Gasteiger partial charge in [0, 0.05) is 22.7 Å². The molecule has 1 atom stereocenters. The van der Waals surface area contributed by atoms with Crippen molar-refractivity contribution in [2.45, 2.75) is 26.3 Å². The van der Waals surface area contributed by atoms with Gasteiger partial charge in [-0.1, -0.05) is 74.0 Å². The van der Waals surface area contributed by atoms with E-state index in [0.29, 0.717) is 10.6 Å². The number of likely N-dealkylation sites (tertiary alicyclic amines) is 1. The average Bonchev–Trinajstić information content (AvgIpc) is 3.08. The first kappa shape index (κ1) is 20.5. The van der Waals surface area contributed by atoms with E-state index < -0.39 is 0 Å². The minimum absolute atomic E-state index is 0.0390. The Kier molecular flexibility index (Phi) is 5.57. The lowest BCUT2D eigenvalue weighted by molar-refractivity contribution is 0.0686. The Labute approximate surface area is 183 Å². The number of benzene rings is 3. The third kappa shape index (κ3) is 3.70. The van der Waals surface area contributed by atoms with E-state index in [1.165, 1.54) is 0 Å². The van der Waals surface area contributed by atoms with Gasteiger partial charge in [0.2, 0.25) is 0 Å². The normalized spacial score (nSPS) is 17.7. The van der Waals surface area contributed by atoms with Crippen LogP contribution in [0.25, 0.3) is 11.1 Å². The maximum Gasteiger partial charge on any atom is 0.254 e. The molecule has 4 heteroatoms. The van der Waals surface area contributed by atoms with E-state index in [2.05, 4.69) is 13.8 Å². The molecule has 3 nitrogen and oxygen atoms in total. The molecule has 0 aromatic heterocycles. The summed E-state index contributed by atoms with van der Waals surface area (Å²) in [6.45, 7) is 5.13. The first-order chi connectivity index (χ1) is 14.4. The summed E-state index contributed by atoms with van der Waals surface area (Å²) in [5.74, 6) is 0.855. The standard InChI is InChI=1S/C26H26ClNO2/c1-26(2)16-17-28(24(26)21-9-4-6-10-22(21)27)25(29)19-14-12-18(13-15-19)20-8-5-7-11-23(20)30-3/h4-15,24H,16-17H2,1-3H3. The van der Waals surface area contributed by atoms with Crippen LogP contribution in [0.1, 0.15) is 42.2 Å². The molecule has 0 bridgehead atoms. The van der Waals surface area contributed by atoms with E-state index in [1.54, 1.807) is 7.11 Å². The number of methoxy groups -OCH3 is 1. The summed E-state index contributed by atoms with van der Waals surface area (Å²) in [7, 11) is 1.67. The summed E-state index contributed by atoms with van der Waals surface area (Å²) >= 11 is 6.51. The molecule has 0 N–H and O–H groups in total. The highest BCUT2D eigenvalue weighted by molar-refractivity contribution is 6.31. The molecule has 4 rings (SSSR count). The molecule has 1 saturated heterocycles. The van der Waals surface area contributed by atoms with Gasteiger partial charge in [-0.25, -0.2) is 0 Å². The van der Waals surface area contributed by atoms with Gasteiger partial charge in [0.05, 0.1) is 13.2 Å². The van der Waals surface area contributed by atoms with Gasteiger partial charge in [-0.05, 0) is 47.2 Å². The smallest absolute Gasteiger partial charge is 0.254 e. The number of nitrogens with zero attached hydrogens (tertiary/aromatic N) is 1. The summed E-state index contributed by atoms with van der Waals surface area (Å²) in [6.07, 6.45) is 0.938. The average molecular weight is 420 g/mol. The summed E-state index contributed by atoms with van der Waals surface area (Å²) in [4.78, 5) is 15.4. The van der Waals surface area contributed by atoms with E-state index in [0.717, 1.165) is 35.4 Å². The minimum atomic E-state index is -0.0485. The van der Waals surface area contributed by atoms with Gasteiger partial charge in [-0.3, -0.25) is 4.79 Å². The summed E-state index contributed by atoms with van der Waals surface area (Å²) in [5, 5.41) is 0.710. The zero-order valence-electron chi connectivity index (χ0n) is 17.6. The van der Waals surface area contributed by atoms with Crippen LogP contribution in [-0.2, 0) is 0 Å². The van der Waals surface area contributed by atoms with Crippen molar-refractivity contribution in [1.82, 2.24) is 4.90 Å². The Balaban J connectivity index is 1.65. The molecule has 1 unspecified atom stereocenters. The quantitative estimate of drug-likeness (QED) is 0.475. The highest BCUT2D eigenvalue weighted by Crippen LogP contribution is 2.48. The van der Waals surface area contributed by atoms with Gasteiger partial charge < -0.3 is 9.64 Å². The van der Waals surface area contributed by atoms with Crippen LogP contribution in [0.5, 0.6) is 5.75 Å². The van der Waals surface area contributed by atoms with Crippen LogP contribution in [0.15, 0.2) is 72.8 Å². The van der Waals surface area contributed by atoms with Crippen molar-refractivity contribution in [3.05, 3.63) is 88.9 Å². The van der Waals surface area contributed by atoms with Crippen molar-refractivity contribution >= 4 is 17.5 Å². The molecular weight excluding hydrogens is 394 g/mol. The summed E-state index contributed by atoms with van der Waals surface area (Å²) in [6, 6.07) is 23.5. The Morgan fingerprint density at radius 1 is 1.00 bits per heavy atom. The Bertz CT molecular complexity index is 1060. The van der Waals surface area contributed by atoms with Gasteiger partial charge in [0.15, 0.2) is 0 Å². The Morgan fingerprint density at radius 2 is 1.67 bits per heavy atom. The number of amides is 1. The van der Waals surface area contributed by atoms with Gasteiger partial charge in [0.1, 0.15) is 5.75 Å². The van der Waals surface area contributed by atoms with Gasteiger partial charge in [0.25, 0.3) is 5.91 Å². The number of carbonyl (C=O) groups excluding carboxylic acids is 1. The van der Waals surface area contributed by atoms with Crippen LogP contribution < -0.4 is 4.74 Å². The molecule has 1 aliphatic rings. The van der Waals surface area contributed by atoms with Crippen LogP contribution >= 0.6 is 11.6 Å². The monoisotopic (exact) mass is 419 g/mol. The van der Waals surface area contributed by atoms with E-state index >= 15 is 0 Å². The lowest BCUT2D eigenvalue weighted by atomic mass is 9.81. The first-order valence-electron chi connectivity index (χ1n) is 10.2. The van der Waals surface area contributed by atoms with Crippen LogP contribution in [-0.4, -0.2) is 24.5 Å². The zero-order chi connectivity index (χ0) is 21.3. The molecule has 1 amide bonds. The maximum absolute atomic E-state index is 13.5. The molecule has 0 aliphatic carbocycles. The van der Waals surface area contributed by atoms with Crippen LogP contribution in [0, 0.1) is 5.41 Å². The van der Waals surface area contributed by atoms with Crippen molar-refractivity contribution in [1.29, 1.82) is 0 Å². The molecule has 3 aromatic carbocycles. The van der Waals surface area contributed by atoms with Gasteiger partial charge in [-0.2, -0.15) is 0 Å². The van der Waals surface area contributed by atoms with Crippen molar-refractivity contribution in [2.75, 3.05) is 13.7 Å². The fraction of sp³-hybridized carbons (Fsp3) is 0.269. The number of para-hydroxylation sites is 1. The number of hydrogen-bond donors (Lipinski definition) is 0. The highest BCUT2D eigenvalue weighted by atomic mass is 35.5. The van der Waals surface area contributed by atoms with Gasteiger partial charge >= 0.3 is 0 Å². The third-order valence-corrected chi connectivity index (χ3v) is 6.40. The number of hydrogen-bond acceptors (Lipinski definition) is 2. The Morgan fingerprint density at radius 3 is 2.37 bits per heavy atom. The number of rotatable bonds is 4.